The van der Waals surface area contributed by atoms with Crippen LogP contribution in [0.2, 0.25) is 0 Å². The molecule has 0 bridgehead atoms. The summed E-state index contributed by atoms with van der Waals surface area (Å²) in [6, 6.07) is 19.9. The van der Waals surface area contributed by atoms with E-state index in [1.807, 2.05) is 55.5 Å². The molecule has 4 aromatic rings. The fourth-order valence-corrected chi connectivity index (χ4v) is 3.25. The average Bonchev–Trinajstić information content (AvgIpc) is 3.06. The van der Waals surface area contributed by atoms with Crippen LogP contribution in [0.25, 0.3) is 22.4 Å². The molecule has 0 aliphatic heterocycles. The minimum atomic E-state index is -0.115. The largest absolute Gasteiger partial charge is 0.355 e. The van der Waals surface area contributed by atoms with Crippen molar-refractivity contribution in [2.75, 3.05) is 7.05 Å². The van der Waals surface area contributed by atoms with Crippen LogP contribution in [0, 0.1) is 6.92 Å². The van der Waals surface area contributed by atoms with Gasteiger partial charge in [-0.25, -0.2) is 4.98 Å². The van der Waals surface area contributed by atoms with E-state index in [9.17, 15) is 4.79 Å². The molecule has 0 spiro atoms. The van der Waals surface area contributed by atoms with Crippen LogP contribution in [0.1, 0.15) is 21.6 Å². The van der Waals surface area contributed by atoms with E-state index in [2.05, 4.69) is 27.0 Å². The smallest absolute Gasteiger partial charge is 0.251 e. The first kappa shape index (κ1) is 17.0. The van der Waals surface area contributed by atoms with Crippen molar-refractivity contribution in [1.82, 2.24) is 19.9 Å². The van der Waals surface area contributed by atoms with Gasteiger partial charge in [-0.2, -0.15) is 0 Å². The quantitative estimate of drug-likeness (QED) is 0.605. The van der Waals surface area contributed by atoms with Gasteiger partial charge in [0.2, 0.25) is 0 Å². The van der Waals surface area contributed by atoms with E-state index in [4.69, 9.17) is 4.98 Å². The number of benzene rings is 2. The highest BCUT2D eigenvalue weighted by Gasteiger charge is 2.15. The SMILES string of the molecule is CNC(=O)c1ccc2c(c1)nc(-c1ccnc(C)c1)n2Cc1ccccc1. The molecule has 134 valence electrons. The summed E-state index contributed by atoms with van der Waals surface area (Å²) in [6.07, 6.45) is 1.80. The van der Waals surface area contributed by atoms with E-state index >= 15 is 0 Å². The summed E-state index contributed by atoms with van der Waals surface area (Å²) in [5.41, 5.74) is 5.55. The Kier molecular flexibility index (Phi) is 4.42. The van der Waals surface area contributed by atoms with E-state index in [0.717, 1.165) is 28.1 Å². The summed E-state index contributed by atoms with van der Waals surface area (Å²) in [6.45, 7) is 2.67. The Morgan fingerprint density at radius 1 is 1.07 bits per heavy atom. The number of aryl methyl sites for hydroxylation is 1. The highest BCUT2D eigenvalue weighted by atomic mass is 16.1. The number of aromatic nitrogens is 3. The molecule has 1 amide bonds. The zero-order chi connectivity index (χ0) is 18.8. The van der Waals surface area contributed by atoms with Gasteiger partial charge in [-0.15, -0.1) is 0 Å². The van der Waals surface area contributed by atoms with Crippen molar-refractivity contribution in [2.45, 2.75) is 13.5 Å². The Morgan fingerprint density at radius 2 is 1.89 bits per heavy atom. The summed E-state index contributed by atoms with van der Waals surface area (Å²) in [5, 5.41) is 2.66. The van der Waals surface area contributed by atoms with Gasteiger partial charge in [-0.05, 0) is 42.8 Å². The second-order valence-corrected chi connectivity index (χ2v) is 6.48. The minimum Gasteiger partial charge on any atom is -0.355 e. The van der Waals surface area contributed by atoms with Gasteiger partial charge in [-0.1, -0.05) is 30.3 Å². The Bertz CT molecular complexity index is 1120. The number of carbonyl (C=O) groups excluding carboxylic acids is 1. The van der Waals surface area contributed by atoms with E-state index in [0.29, 0.717) is 12.1 Å². The van der Waals surface area contributed by atoms with Gasteiger partial charge in [0.1, 0.15) is 5.82 Å². The lowest BCUT2D eigenvalue weighted by Gasteiger charge is -2.10. The topological polar surface area (TPSA) is 59.8 Å². The van der Waals surface area contributed by atoms with Crippen LogP contribution in [0.15, 0.2) is 66.9 Å². The lowest BCUT2D eigenvalue weighted by molar-refractivity contribution is 0.0963. The van der Waals surface area contributed by atoms with Crippen LogP contribution >= 0.6 is 0 Å². The molecule has 5 nitrogen and oxygen atoms in total. The van der Waals surface area contributed by atoms with Crippen molar-refractivity contribution in [3.63, 3.8) is 0 Å². The zero-order valence-corrected chi connectivity index (χ0v) is 15.3. The molecular formula is C22H20N4O. The molecule has 0 fully saturated rings. The number of carbonyl (C=O) groups is 1. The van der Waals surface area contributed by atoms with Gasteiger partial charge in [-0.3, -0.25) is 9.78 Å². The maximum atomic E-state index is 12.0. The number of amides is 1. The Morgan fingerprint density at radius 3 is 2.63 bits per heavy atom. The van der Waals surface area contributed by atoms with Crippen molar-refractivity contribution in [2.24, 2.45) is 0 Å². The summed E-state index contributed by atoms with van der Waals surface area (Å²) in [4.78, 5) is 21.1. The Balaban J connectivity index is 1.91. The van der Waals surface area contributed by atoms with E-state index in [1.54, 1.807) is 13.2 Å². The normalized spacial score (nSPS) is 10.9. The molecule has 2 aromatic carbocycles. The van der Waals surface area contributed by atoms with Crippen molar-refractivity contribution in [3.05, 3.63) is 83.7 Å². The van der Waals surface area contributed by atoms with Gasteiger partial charge in [0.25, 0.3) is 5.91 Å². The first-order valence-corrected chi connectivity index (χ1v) is 8.85. The molecule has 4 rings (SSSR count). The van der Waals surface area contributed by atoms with Crippen molar-refractivity contribution >= 4 is 16.9 Å². The first-order valence-electron chi connectivity index (χ1n) is 8.85. The number of nitrogens with one attached hydrogen (secondary N) is 1. The minimum absolute atomic E-state index is 0.115. The number of hydrogen-bond donors (Lipinski definition) is 1. The first-order chi connectivity index (χ1) is 13.2. The third kappa shape index (κ3) is 3.31. The molecule has 0 aliphatic carbocycles. The number of imidazole rings is 1. The standard InChI is InChI=1S/C22H20N4O/c1-15-12-17(10-11-24-15)21-25-19-13-18(22(27)23-2)8-9-20(19)26(21)14-16-6-4-3-5-7-16/h3-13H,14H2,1-2H3,(H,23,27). The molecule has 0 unspecified atom stereocenters. The molecule has 5 heteroatoms. The summed E-state index contributed by atoms with van der Waals surface area (Å²) in [5.74, 6) is 0.754. The van der Waals surface area contributed by atoms with Gasteiger partial charge < -0.3 is 9.88 Å². The van der Waals surface area contributed by atoms with Gasteiger partial charge >= 0.3 is 0 Å². The molecule has 0 radical (unpaired) electrons. The van der Waals surface area contributed by atoms with Gasteiger partial charge in [0.15, 0.2) is 0 Å². The number of rotatable bonds is 4. The van der Waals surface area contributed by atoms with Crippen LogP contribution < -0.4 is 5.32 Å². The monoisotopic (exact) mass is 356 g/mol. The van der Waals surface area contributed by atoms with Crippen LogP contribution in [0.4, 0.5) is 0 Å². The summed E-state index contributed by atoms with van der Waals surface area (Å²) >= 11 is 0. The summed E-state index contributed by atoms with van der Waals surface area (Å²) < 4.78 is 2.19. The lowest BCUT2D eigenvalue weighted by Crippen LogP contribution is -2.17. The Hall–Kier alpha value is -3.47. The predicted octanol–water partition coefficient (Wildman–Crippen LogP) is 3.81. The molecule has 27 heavy (non-hydrogen) atoms. The third-order valence-electron chi connectivity index (χ3n) is 4.58. The molecule has 2 aromatic heterocycles. The van der Waals surface area contributed by atoms with Crippen molar-refractivity contribution in [3.8, 4) is 11.4 Å². The number of fused-ring (bicyclic) bond motifs is 1. The number of hydrogen-bond acceptors (Lipinski definition) is 3. The van der Waals surface area contributed by atoms with Gasteiger partial charge in [0, 0.05) is 36.6 Å². The van der Waals surface area contributed by atoms with E-state index in [-0.39, 0.29) is 5.91 Å². The third-order valence-corrected chi connectivity index (χ3v) is 4.58. The molecule has 2 heterocycles. The van der Waals surface area contributed by atoms with E-state index in [1.165, 1.54) is 5.56 Å². The van der Waals surface area contributed by atoms with Crippen LogP contribution in [0.5, 0.6) is 0 Å². The van der Waals surface area contributed by atoms with Crippen LogP contribution in [-0.4, -0.2) is 27.5 Å². The number of pyridine rings is 1. The summed E-state index contributed by atoms with van der Waals surface area (Å²) in [7, 11) is 1.63. The fourth-order valence-electron chi connectivity index (χ4n) is 3.25. The van der Waals surface area contributed by atoms with E-state index < -0.39 is 0 Å². The van der Waals surface area contributed by atoms with Gasteiger partial charge in [0.05, 0.1) is 11.0 Å². The molecule has 0 saturated carbocycles. The molecular weight excluding hydrogens is 336 g/mol. The molecule has 0 saturated heterocycles. The maximum Gasteiger partial charge on any atom is 0.251 e. The second-order valence-electron chi connectivity index (χ2n) is 6.48. The number of nitrogens with zero attached hydrogens (tertiary/aromatic N) is 3. The predicted molar refractivity (Wildman–Crippen MR) is 107 cm³/mol. The molecule has 0 atom stereocenters. The molecule has 1 N–H and O–H groups in total. The highest BCUT2D eigenvalue weighted by Crippen LogP contribution is 2.27. The zero-order valence-electron chi connectivity index (χ0n) is 15.3. The lowest BCUT2D eigenvalue weighted by atomic mass is 10.1. The van der Waals surface area contributed by atoms with Crippen molar-refractivity contribution < 1.29 is 4.79 Å². The fraction of sp³-hybridized carbons (Fsp3) is 0.136. The highest BCUT2D eigenvalue weighted by molar-refractivity contribution is 5.97. The van der Waals surface area contributed by atoms with Crippen molar-refractivity contribution in [1.29, 1.82) is 0 Å². The van der Waals surface area contributed by atoms with Crippen LogP contribution in [-0.2, 0) is 6.54 Å². The maximum absolute atomic E-state index is 12.0. The average molecular weight is 356 g/mol. The van der Waals surface area contributed by atoms with Crippen LogP contribution in [0.3, 0.4) is 0 Å². The Labute approximate surface area is 157 Å². The second kappa shape index (κ2) is 7.03. The molecule has 0 aliphatic rings.